The summed E-state index contributed by atoms with van der Waals surface area (Å²) in [5.74, 6) is 5.40. The van der Waals surface area contributed by atoms with Gasteiger partial charge in [0, 0.05) is 17.1 Å². The van der Waals surface area contributed by atoms with E-state index in [2.05, 4.69) is 170 Å². The molecule has 2 nitrogen and oxygen atoms in total. The average Bonchev–Trinajstić information content (AvgIpc) is 3.14. The van der Waals surface area contributed by atoms with E-state index in [1.165, 1.54) is 59.9 Å². The van der Waals surface area contributed by atoms with Crippen molar-refractivity contribution in [3.63, 3.8) is 0 Å². The molecule has 0 spiro atoms. The van der Waals surface area contributed by atoms with Crippen LogP contribution >= 0.6 is 0 Å². The summed E-state index contributed by atoms with van der Waals surface area (Å²) in [6.07, 6.45) is 8.15. The molecular weight excluding hydrogens is 607 g/mol. The van der Waals surface area contributed by atoms with E-state index in [-0.39, 0.29) is 0 Å². The summed E-state index contributed by atoms with van der Waals surface area (Å²) in [4.78, 5) is 2.34. The van der Waals surface area contributed by atoms with Gasteiger partial charge in [-0.2, -0.15) is 0 Å². The van der Waals surface area contributed by atoms with Crippen LogP contribution in [0.1, 0.15) is 50.2 Å². The van der Waals surface area contributed by atoms with Crippen LogP contribution in [0.5, 0.6) is 11.5 Å². The van der Waals surface area contributed by atoms with Crippen LogP contribution in [0, 0.1) is 30.6 Å². The summed E-state index contributed by atoms with van der Waals surface area (Å²) in [7, 11) is 0. The molecule has 2 fully saturated rings. The van der Waals surface area contributed by atoms with Crippen LogP contribution in [0.4, 0.5) is 17.1 Å². The lowest BCUT2D eigenvalue weighted by Gasteiger charge is -2.42. The van der Waals surface area contributed by atoms with Gasteiger partial charge in [0.05, 0.1) is 0 Å². The highest BCUT2D eigenvalue weighted by atomic mass is 16.5. The standard InChI is InChI=1S/C48H47NO/c1-34-27-36-30-37(28-34)32-38(31-36)33-43-15-9-10-16-48(43)50-47-26-25-46(29-35(47)2)49(44-21-17-41(18-22-44)39-11-5-3-6-12-39)45-23-19-42(20-24-45)40-13-7-4-8-14-40/h3-26,29,34,36-38H,27-28,30-33H2,1-2H3/t34?,36-,37+,38?. The Balaban J connectivity index is 1.07. The highest BCUT2D eigenvalue weighted by molar-refractivity contribution is 5.80. The van der Waals surface area contributed by atoms with Crippen LogP contribution in [-0.2, 0) is 6.42 Å². The second kappa shape index (κ2) is 14.4. The van der Waals surface area contributed by atoms with Crippen molar-refractivity contribution in [3.8, 4) is 33.8 Å². The van der Waals surface area contributed by atoms with Crippen molar-refractivity contribution in [2.75, 3.05) is 4.90 Å². The molecule has 6 aromatic carbocycles. The van der Waals surface area contributed by atoms with Crippen LogP contribution < -0.4 is 9.64 Å². The number of aryl methyl sites for hydroxylation is 1. The summed E-state index contributed by atoms with van der Waals surface area (Å²) in [6.45, 7) is 4.62. The largest absolute Gasteiger partial charge is 0.457 e. The number of hydrogen-bond donors (Lipinski definition) is 0. The zero-order chi connectivity index (χ0) is 33.9. The quantitative estimate of drug-likeness (QED) is 0.154. The fourth-order valence-electron chi connectivity index (χ4n) is 8.89. The molecule has 0 saturated heterocycles. The third-order valence-corrected chi connectivity index (χ3v) is 11.1. The number of anilines is 3. The number of para-hydroxylation sites is 1. The molecule has 2 unspecified atom stereocenters. The van der Waals surface area contributed by atoms with Gasteiger partial charge in [-0.3, -0.25) is 0 Å². The Kier molecular flexibility index (Phi) is 9.27. The predicted octanol–water partition coefficient (Wildman–Crippen LogP) is 13.6. The second-order valence-electron chi connectivity index (χ2n) is 14.9. The maximum absolute atomic E-state index is 6.75. The minimum Gasteiger partial charge on any atom is -0.457 e. The third-order valence-electron chi connectivity index (χ3n) is 11.1. The minimum atomic E-state index is 0.759. The third kappa shape index (κ3) is 7.12. The monoisotopic (exact) mass is 653 g/mol. The highest BCUT2D eigenvalue weighted by Gasteiger charge is 2.34. The fourth-order valence-corrected chi connectivity index (χ4v) is 8.89. The molecule has 6 aromatic rings. The van der Waals surface area contributed by atoms with Crippen molar-refractivity contribution in [1.29, 1.82) is 0 Å². The van der Waals surface area contributed by atoms with Crippen LogP contribution in [-0.4, -0.2) is 0 Å². The van der Waals surface area contributed by atoms with Crippen molar-refractivity contribution in [2.24, 2.45) is 23.7 Å². The lowest BCUT2D eigenvalue weighted by atomic mass is 9.64. The van der Waals surface area contributed by atoms with E-state index in [0.29, 0.717) is 0 Å². The first kappa shape index (κ1) is 32.1. The van der Waals surface area contributed by atoms with Gasteiger partial charge in [0.25, 0.3) is 0 Å². The number of ether oxygens (including phenoxy) is 1. The molecule has 0 aliphatic heterocycles. The SMILES string of the molecule is Cc1cc(N(c2ccc(-c3ccccc3)cc2)c2ccc(-c3ccccc3)cc2)ccc1Oc1ccccc1CC1C[C@H]2CC(C)C[C@@H](C1)C2. The van der Waals surface area contributed by atoms with Gasteiger partial charge in [-0.1, -0.05) is 110 Å². The molecule has 8 rings (SSSR count). The number of nitrogens with zero attached hydrogens (tertiary/aromatic N) is 1. The number of benzene rings is 6. The molecule has 2 aliphatic carbocycles. The van der Waals surface area contributed by atoms with Crippen LogP contribution in [0.25, 0.3) is 22.3 Å². The molecule has 4 atom stereocenters. The van der Waals surface area contributed by atoms with Crippen LogP contribution in [0.15, 0.2) is 152 Å². The zero-order valence-corrected chi connectivity index (χ0v) is 29.3. The molecule has 2 bridgehead atoms. The molecule has 0 radical (unpaired) electrons. The Morgan fingerprint density at radius 2 is 1.00 bits per heavy atom. The molecule has 0 aromatic heterocycles. The Hall–Kier alpha value is -5.08. The van der Waals surface area contributed by atoms with Gasteiger partial charge in [-0.15, -0.1) is 0 Å². The Morgan fingerprint density at radius 1 is 0.500 bits per heavy atom. The number of hydrogen-bond acceptors (Lipinski definition) is 2. The molecule has 0 heterocycles. The first-order valence-electron chi connectivity index (χ1n) is 18.5. The van der Waals surface area contributed by atoms with Crippen molar-refractivity contribution in [2.45, 2.75) is 52.4 Å². The maximum atomic E-state index is 6.75. The summed E-state index contributed by atoms with van der Waals surface area (Å²) in [5.41, 5.74) is 10.6. The molecular formula is C48H47NO. The summed E-state index contributed by atoms with van der Waals surface area (Å²) >= 11 is 0. The topological polar surface area (TPSA) is 12.5 Å². The molecule has 0 amide bonds. The van der Waals surface area contributed by atoms with Gasteiger partial charge < -0.3 is 9.64 Å². The second-order valence-corrected chi connectivity index (χ2v) is 14.9. The van der Waals surface area contributed by atoms with Crippen LogP contribution in [0.2, 0.25) is 0 Å². The van der Waals surface area contributed by atoms with Crippen molar-refractivity contribution < 1.29 is 4.74 Å². The average molecular weight is 654 g/mol. The molecule has 2 aliphatic rings. The first-order chi connectivity index (χ1) is 24.6. The van der Waals surface area contributed by atoms with Gasteiger partial charge in [-0.25, -0.2) is 0 Å². The molecule has 250 valence electrons. The summed E-state index contributed by atoms with van der Waals surface area (Å²) < 4.78 is 6.75. The van der Waals surface area contributed by atoms with Crippen LogP contribution in [0.3, 0.4) is 0 Å². The van der Waals surface area contributed by atoms with Gasteiger partial charge in [0.15, 0.2) is 0 Å². The zero-order valence-electron chi connectivity index (χ0n) is 29.3. The summed E-state index contributed by atoms with van der Waals surface area (Å²) in [6, 6.07) is 54.3. The molecule has 0 N–H and O–H groups in total. The maximum Gasteiger partial charge on any atom is 0.130 e. The minimum absolute atomic E-state index is 0.759. The van der Waals surface area contributed by atoms with Gasteiger partial charge in [0.1, 0.15) is 11.5 Å². The van der Waals surface area contributed by atoms with E-state index in [4.69, 9.17) is 4.74 Å². The smallest absolute Gasteiger partial charge is 0.130 e. The van der Waals surface area contributed by atoms with Gasteiger partial charge >= 0.3 is 0 Å². The molecule has 2 heteroatoms. The molecule has 50 heavy (non-hydrogen) atoms. The highest BCUT2D eigenvalue weighted by Crippen LogP contribution is 2.46. The van der Waals surface area contributed by atoms with Crippen molar-refractivity contribution in [1.82, 2.24) is 0 Å². The predicted molar refractivity (Wildman–Crippen MR) is 210 cm³/mol. The summed E-state index contributed by atoms with van der Waals surface area (Å²) in [5, 5.41) is 0. The van der Waals surface area contributed by atoms with E-state index in [9.17, 15) is 0 Å². The van der Waals surface area contributed by atoms with E-state index in [1.54, 1.807) is 0 Å². The fraction of sp³-hybridized carbons (Fsp3) is 0.250. The first-order valence-corrected chi connectivity index (χ1v) is 18.5. The Labute approximate surface area is 298 Å². The Morgan fingerprint density at radius 3 is 1.56 bits per heavy atom. The van der Waals surface area contributed by atoms with E-state index >= 15 is 0 Å². The number of fused-ring (bicyclic) bond motifs is 2. The van der Waals surface area contributed by atoms with Gasteiger partial charge in [-0.05, 0) is 151 Å². The lowest BCUT2D eigenvalue weighted by Crippen LogP contribution is -2.31. The lowest BCUT2D eigenvalue weighted by molar-refractivity contribution is 0.103. The molecule has 2 saturated carbocycles. The Bertz CT molecular complexity index is 1920. The van der Waals surface area contributed by atoms with Gasteiger partial charge in [0.2, 0.25) is 0 Å². The van der Waals surface area contributed by atoms with E-state index in [0.717, 1.165) is 64.2 Å². The number of rotatable bonds is 9. The normalized spacial score (nSPS) is 19.9. The van der Waals surface area contributed by atoms with Crippen molar-refractivity contribution >= 4 is 17.1 Å². The van der Waals surface area contributed by atoms with E-state index in [1.807, 2.05) is 0 Å². The van der Waals surface area contributed by atoms with Crippen molar-refractivity contribution in [3.05, 3.63) is 163 Å². The van der Waals surface area contributed by atoms with E-state index < -0.39 is 0 Å².